The molecule has 0 aromatic rings. The zero-order valence-corrected chi connectivity index (χ0v) is 5.32. The molecule has 0 saturated heterocycles. The molecule has 2 radical (unpaired) electrons. The van der Waals surface area contributed by atoms with Crippen molar-refractivity contribution in [3.05, 3.63) is 0 Å². The molecule has 0 aliphatic carbocycles. The van der Waals surface area contributed by atoms with E-state index in [1.165, 1.54) is 13.8 Å². The standard InChI is InChI=1S/C4H6O2Si/c1-3(5)7-4(2)6/h1-2H3. The Labute approximate surface area is 44.7 Å². The Morgan fingerprint density at radius 1 is 1.14 bits per heavy atom. The van der Waals surface area contributed by atoms with Crippen molar-refractivity contribution in [3.63, 3.8) is 0 Å². The third-order valence-electron chi connectivity index (χ3n) is 0.352. The summed E-state index contributed by atoms with van der Waals surface area (Å²) in [5.74, 6) is 0. The van der Waals surface area contributed by atoms with Crippen LogP contribution in [0.4, 0.5) is 0 Å². The number of hydrogen-bond acceptors (Lipinski definition) is 2. The Balaban J connectivity index is 3.32. The Bertz CT molecular complexity index is 85.9. The van der Waals surface area contributed by atoms with E-state index in [1.54, 1.807) is 0 Å². The first-order valence-electron chi connectivity index (χ1n) is 1.91. The fourth-order valence-electron chi connectivity index (χ4n) is 0.248. The highest BCUT2D eigenvalue weighted by molar-refractivity contribution is 6.96. The van der Waals surface area contributed by atoms with Crippen LogP contribution in [0.3, 0.4) is 0 Å². The summed E-state index contributed by atoms with van der Waals surface area (Å²) in [6.07, 6.45) is 0. The van der Waals surface area contributed by atoms with E-state index in [0.29, 0.717) is 0 Å². The molecule has 0 heterocycles. The second-order valence-electron chi connectivity index (χ2n) is 1.24. The molecule has 3 heteroatoms. The topological polar surface area (TPSA) is 34.1 Å². The fourth-order valence-corrected chi connectivity index (χ4v) is 0.744. The SMILES string of the molecule is CC(=O)[Si]C(C)=O. The lowest BCUT2D eigenvalue weighted by Crippen LogP contribution is -2.12. The van der Waals surface area contributed by atoms with Crippen LogP contribution >= 0.6 is 0 Å². The molecular weight excluding hydrogens is 108 g/mol. The smallest absolute Gasteiger partial charge is 0.222 e. The summed E-state index contributed by atoms with van der Waals surface area (Å²) < 4.78 is 0. The largest absolute Gasteiger partial charge is 0.306 e. The summed E-state index contributed by atoms with van der Waals surface area (Å²) >= 11 is 0. The minimum atomic E-state index is -0.133. The van der Waals surface area contributed by atoms with Gasteiger partial charge < -0.3 is 9.59 Å². The maximum Gasteiger partial charge on any atom is 0.222 e. The highest BCUT2D eigenvalue weighted by atomic mass is 28.2. The van der Waals surface area contributed by atoms with Crippen LogP contribution in [0.25, 0.3) is 0 Å². The summed E-state index contributed by atoms with van der Waals surface area (Å²) in [7, 11) is -0.133. The molecule has 0 fully saturated rings. The number of carbonyl (C=O) groups excluding carboxylic acids is 2. The number of carbonyl (C=O) groups is 2. The van der Waals surface area contributed by atoms with Gasteiger partial charge in [-0.2, -0.15) is 0 Å². The summed E-state index contributed by atoms with van der Waals surface area (Å²) in [5, 5.41) is -0.0694. The average molecular weight is 114 g/mol. The predicted octanol–water partition coefficient (Wildman–Crippen LogP) is -0.216. The maximum absolute atomic E-state index is 10.0. The molecule has 7 heavy (non-hydrogen) atoms. The van der Waals surface area contributed by atoms with Crippen LogP contribution in [-0.2, 0) is 9.59 Å². The van der Waals surface area contributed by atoms with E-state index in [1.807, 2.05) is 0 Å². The van der Waals surface area contributed by atoms with E-state index in [4.69, 9.17) is 0 Å². The number of rotatable bonds is 2. The van der Waals surface area contributed by atoms with Crippen LogP contribution in [0.1, 0.15) is 13.8 Å². The van der Waals surface area contributed by atoms with Gasteiger partial charge in [-0.25, -0.2) is 0 Å². The molecule has 0 aromatic carbocycles. The third kappa shape index (κ3) is 5.56. The van der Waals surface area contributed by atoms with E-state index >= 15 is 0 Å². The van der Waals surface area contributed by atoms with Gasteiger partial charge in [-0.05, 0) is 13.8 Å². The van der Waals surface area contributed by atoms with Gasteiger partial charge >= 0.3 is 0 Å². The van der Waals surface area contributed by atoms with Crippen LogP contribution in [0.15, 0.2) is 0 Å². The van der Waals surface area contributed by atoms with Crippen LogP contribution < -0.4 is 0 Å². The van der Waals surface area contributed by atoms with Gasteiger partial charge in [-0.1, -0.05) is 0 Å². The van der Waals surface area contributed by atoms with Crippen molar-refractivity contribution in [2.45, 2.75) is 13.8 Å². The molecule has 0 N–H and O–H groups in total. The monoisotopic (exact) mass is 114 g/mol. The lowest BCUT2D eigenvalue weighted by Gasteiger charge is -1.78. The highest BCUT2D eigenvalue weighted by Gasteiger charge is 1.98. The summed E-state index contributed by atoms with van der Waals surface area (Å²) in [5.41, 5.74) is 0. The van der Waals surface area contributed by atoms with Gasteiger partial charge in [0.15, 0.2) is 0 Å². The van der Waals surface area contributed by atoms with Crippen molar-refractivity contribution in [2.24, 2.45) is 0 Å². The van der Waals surface area contributed by atoms with Gasteiger partial charge in [0.25, 0.3) is 0 Å². The van der Waals surface area contributed by atoms with E-state index in [9.17, 15) is 9.59 Å². The second kappa shape index (κ2) is 2.68. The Kier molecular flexibility index (Phi) is 2.51. The van der Waals surface area contributed by atoms with E-state index in [0.717, 1.165) is 0 Å². The van der Waals surface area contributed by atoms with Gasteiger partial charge in [0.1, 0.15) is 10.8 Å². The summed E-state index contributed by atoms with van der Waals surface area (Å²) in [6.45, 7) is 2.83. The first kappa shape index (κ1) is 6.56. The van der Waals surface area contributed by atoms with Crippen LogP contribution in [0, 0.1) is 0 Å². The summed E-state index contributed by atoms with van der Waals surface area (Å²) in [6, 6.07) is 0. The van der Waals surface area contributed by atoms with Gasteiger partial charge in [-0.15, -0.1) is 0 Å². The van der Waals surface area contributed by atoms with Gasteiger partial charge in [0.05, 0.1) is 0 Å². The predicted molar refractivity (Wildman–Crippen MR) is 27.1 cm³/mol. The van der Waals surface area contributed by atoms with E-state index in [2.05, 4.69) is 0 Å². The molecule has 0 spiro atoms. The highest BCUT2D eigenvalue weighted by Crippen LogP contribution is 1.65. The average Bonchev–Trinajstić information content (AvgIpc) is 1.27. The molecule has 0 amide bonds. The molecule has 0 atom stereocenters. The van der Waals surface area contributed by atoms with Crippen molar-refractivity contribution in [1.82, 2.24) is 0 Å². The molecule has 38 valence electrons. The maximum atomic E-state index is 10.0. The van der Waals surface area contributed by atoms with Gasteiger partial charge in [-0.3, -0.25) is 0 Å². The Morgan fingerprint density at radius 2 is 1.43 bits per heavy atom. The number of hydrogen-bond donors (Lipinski definition) is 0. The van der Waals surface area contributed by atoms with Crippen molar-refractivity contribution in [3.8, 4) is 0 Å². The molecule has 0 unspecified atom stereocenters. The quantitative estimate of drug-likeness (QED) is 0.465. The van der Waals surface area contributed by atoms with Crippen LogP contribution in [0.5, 0.6) is 0 Å². The zero-order valence-electron chi connectivity index (χ0n) is 4.32. The molecule has 0 aliphatic rings. The van der Waals surface area contributed by atoms with Crippen molar-refractivity contribution < 1.29 is 9.59 Å². The molecule has 0 bridgehead atoms. The normalized spacial score (nSPS) is 8.29. The molecule has 2 nitrogen and oxygen atoms in total. The molecule has 0 aliphatic heterocycles. The van der Waals surface area contributed by atoms with Crippen LogP contribution in [0.2, 0.25) is 0 Å². The fraction of sp³-hybridized carbons (Fsp3) is 0.500. The minimum absolute atomic E-state index is 0.0347. The minimum Gasteiger partial charge on any atom is -0.306 e. The molecule has 0 rings (SSSR count). The third-order valence-corrected chi connectivity index (χ3v) is 1.06. The van der Waals surface area contributed by atoms with E-state index < -0.39 is 0 Å². The van der Waals surface area contributed by atoms with Crippen molar-refractivity contribution >= 4 is 20.3 Å². The lowest BCUT2D eigenvalue weighted by molar-refractivity contribution is -0.113. The van der Waals surface area contributed by atoms with Crippen molar-refractivity contribution in [1.29, 1.82) is 0 Å². The first-order valence-corrected chi connectivity index (χ1v) is 2.91. The lowest BCUT2D eigenvalue weighted by atomic mass is 10.9. The van der Waals surface area contributed by atoms with Crippen molar-refractivity contribution in [2.75, 3.05) is 0 Å². The molecule has 0 saturated carbocycles. The Morgan fingerprint density at radius 3 is 1.43 bits per heavy atom. The molecule has 0 aromatic heterocycles. The first-order chi connectivity index (χ1) is 3.13. The van der Waals surface area contributed by atoms with Crippen LogP contribution in [-0.4, -0.2) is 20.3 Å². The summed E-state index contributed by atoms with van der Waals surface area (Å²) in [4.78, 5) is 20.1. The van der Waals surface area contributed by atoms with Gasteiger partial charge in [0, 0.05) is 0 Å². The zero-order chi connectivity index (χ0) is 5.86. The Hall–Kier alpha value is -0.443. The molecular formula is C4H6O2Si. The second-order valence-corrected chi connectivity index (χ2v) is 2.90. The van der Waals surface area contributed by atoms with Gasteiger partial charge in [0.2, 0.25) is 9.52 Å². The van der Waals surface area contributed by atoms with E-state index in [-0.39, 0.29) is 20.3 Å².